The van der Waals surface area contributed by atoms with Gasteiger partial charge in [0.15, 0.2) is 6.29 Å². The standard InChI is InChI=1S/C27H27N3O7/c1-27(2)20-12-13-28-25(33)29(17-8-6-16(7-9-17)24(31)32)26(34)30(28)23(20)19-11-10-18(15-21(19)37-27)36-22-5-3-4-14-35-22/h6-12,15,22-23H,3-5,13-14H2,1-2H3,(H,31,32). The Kier molecular flexibility index (Phi) is 5.38. The van der Waals surface area contributed by atoms with Crippen LogP contribution in [0.4, 0.5) is 0 Å². The summed E-state index contributed by atoms with van der Waals surface area (Å²) in [5.41, 5.74) is 0.261. The number of ether oxygens (including phenoxy) is 3. The van der Waals surface area contributed by atoms with Crippen LogP contribution in [-0.2, 0) is 11.3 Å². The minimum absolute atomic E-state index is 0.0709. The lowest BCUT2D eigenvalue weighted by Crippen LogP contribution is -2.46. The van der Waals surface area contributed by atoms with Gasteiger partial charge in [0.25, 0.3) is 0 Å². The number of aromatic nitrogens is 3. The van der Waals surface area contributed by atoms with Crippen LogP contribution < -0.4 is 20.9 Å². The quantitative estimate of drug-likeness (QED) is 0.542. The average Bonchev–Trinajstić information content (AvgIpc) is 3.14. The van der Waals surface area contributed by atoms with Crippen LogP contribution in [0.25, 0.3) is 5.69 Å². The van der Waals surface area contributed by atoms with Gasteiger partial charge in [-0.15, -0.1) is 0 Å². The van der Waals surface area contributed by atoms with Crippen LogP contribution in [0.3, 0.4) is 0 Å². The second kappa shape index (κ2) is 8.52. The zero-order chi connectivity index (χ0) is 25.9. The Hall–Kier alpha value is -4.05. The first-order chi connectivity index (χ1) is 17.7. The molecule has 2 unspecified atom stereocenters. The molecule has 3 aromatic rings. The van der Waals surface area contributed by atoms with Crippen LogP contribution in [0.15, 0.2) is 63.7 Å². The molecule has 10 heteroatoms. The lowest BCUT2D eigenvalue weighted by molar-refractivity contribution is -0.106. The van der Waals surface area contributed by atoms with Gasteiger partial charge in [0.05, 0.1) is 24.4 Å². The minimum Gasteiger partial charge on any atom is -0.483 e. The van der Waals surface area contributed by atoms with E-state index in [1.54, 1.807) is 0 Å². The molecule has 1 aromatic heterocycles. The zero-order valence-electron chi connectivity index (χ0n) is 20.5. The number of rotatable bonds is 4. The highest BCUT2D eigenvalue weighted by Gasteiger charge is 2.44. The Balaban J connectivity index is 1.44. The van der Waals surface area contributed by atoms with Crippen LogP contribution in [-0.4, -0.2) is 43.5 Å². The summed E-state index contributed by atoms with van der Waals surface area (Å²) in [6.45, 7) is 4.76. The van der Waals surface area contributed by atoms with E-state index in [4.69, 9.17) is 14.2 Å². The first kappa shape index (κ1) is 23.4. The second-order valence-corrected chi connectivity index (χ2v) is 9.97. The molecule has 0 spiro atoms. The minimum atomic E-state index is -1.08. The van der Waals surface area contributed by atoms with Gasteiger partial charge in [0.2, 0.25) is 0 Å². The number of benzene rings is 2. The van der Waals surface area contributed by atoms with Crippen LogP contribution in [0.5, 0.6) is 11.5 Å². The van der Waals surface area contributed by atoms with Crippen molar-refractivity contribution in [3.8, 4) is 17.2 Å². The molecule has 6 rings (SSSR count). The molecule has 1 fully saturated rings. The molecule has 3 aliphatic rings. The molecule has 0 aliphatic carbocycles. The van der Waals surface area contributed by atoms with Gasteiger partial charge in [-0.05, 0) is 68.7 Å². The van der Waals surface area contributed by atoms with Crippen LogP contribution in [0, 0.1) is 0 Å². The van der Waals surface area contributed by atoms with Gasteiger partial charge < -0.3 is 19.3 Å². The van der Waals surface area contributed by atoms with Crippen molar-refractivity contribution in [2.24, 2.45) is 0 Å². The summed E-state index contributed by atoms with van der Waals surface area (Å²) in [5, 5.41) is 9.20. The fraction of sp³-hybridized carbons (Fsp3) is 0.370. The van der Waals surface area contributed by atoms with E-state index in [1.807, 2.05) is 38.1 Å². The summed E-state index contributed by atoms with van der Waals surface area (Å²) >= 11 is 0. The van der Waals surface area contributed by atoms with Gasteiger partial charge in [-0.1, -0.05) is 6.08 Å². The highest BCUT2D eigenvalue weighted by Crippen LogP contribution is 2.47. The molecule has 192 valence electrons. The van der Waals surface area contributed by atoms with Crippen molar-refractivity contribution < 1.29 is 24.1 Å². The van der Waals surface area contributed by atoms with Crippen molar-refractivity contribution in [2.75, 3.05) is 6.61 Å². The van der Waals surface area contributed by atoms with E-state index in [2.05, 4.69) is 0 Å². The third-order valence-electron chi connectivity index (χ3n) is 7.20. The Morgan fingerprint density at radius 2 is 1.86 bits per heavy atom. The van der Waals surface area contributed by atoms with Crippen LogP contribution >= 0.6 is 0 Å². The number of hydrogen-bond acceptors (Lipinski definition) is 6. The number of carboxylic acids is 1. The lowest BCUT2D eigenvalue weighted by atomic mass is 9.83. The topological polar surface area (TPSA) is 114 Å². The van der Waals surface area contributed by atoms with E-state index in [9.17, 15) is 19.5 Å². The summed E-state index contributed by atoms with van der Waals surface area (Å²) in [5.74, 6) is 0.109. The summed E-state index contributed by atoms with van der Waals surface area (Å²) in [4.78, 5) is 38.3. The van der Waals surface area contributed by atoms with E-state index in [-0.39, 0.29) is 18.4 Å². The van der Waals surface area contributed by atoms with E-state index in [0.717, 1.165) is 35.0 Å². The number of carbonyl (C=O) groups is 1. The molecule has 37 heavy (non-hydrogen) atoms. The molecule has 2 atom stereocenters. The normalized spacial score (nSPS) is 21.6. The van der Waals surface area contributed by atoms with Gasteiger partial charge in [-0.2, -0.15) is 0 Å². The van der Waals surface area contributed by atoms with Gasteiger partial charge in [-0.25, -0.2) is 28.3 Å². The molecule has 0 saturated carbocycles. The predicted molar refractivity (Wildman–Crippen MR) is 133 cm³/mol. The van der Waals surface area contributed by atoms with Crippen LogP contribution in [0.1, 0.15) is 55.1 Å². The largest absolute Gasteiger partial charge is 0.483 e. The zero-order valence-corrected chi connectivity index (χ0v) is 20.5. The number of fused-ring (bicyclic) bond motifs is 5. The lowest BCUT2D eigenvalue weighted by Gasteiger charge is -2.42. The first-order valence-electron chi connectivity index (χ1n) is 12.3. The molecule has 0 bridgehead atoms. The number of carboxylic acid groups (broad SMARTS) is 1. The van der Waals surface area contributed by atoms with Gasteiger partial charge >= 0.3 is 17.3 Å². The summed E-state index contributed by atoms with van der Waals surface area (Å²) in [6.07, 6.45) is 4.53. The molecule has 4 heterocycles. The maximum Gasteiger partial charge on any atom is 0.352 e. The van der Waals surface area contributed by atoms with Crippen molar-refractivity contribution in [1.82, 2.24) is 13.9 Å². The highest BCUT2D eigenvalue weighted by molar-refractivity contribution is 5.87. The maximum atomic E-state index is 13.7. The molecule has 0 radical (unpaired) electrons. The fourth-order valence-electron chi connectivity index (χ4n) is 5.38. The monoisotopic (exact) mass is 505 g/mol. The second-order valence-electron chi connectivity index (χ2n) is 9.97. The molecule has 1 saturated heterocycles. The smallest absolute Gasteiger partial charge is 0.352 e. The van der Waals surface area contributed by atoms with E-state index in [1.165, 1.54) is 33.6 Å². The number of nitrogens with zero attached hydrogens (tertiary/aromatic N) is 3. The van der Waals surface area contributed by atoms with E-state index in [0.29, 0.717) is 23.8 Å². The Morgan fingerprint density at radius 3 is 2.57 bits per heavy atom. The molecule has 1 N–H and O–H groups in total. The highest BCUT2D eigenvalue weighted by atomic mass is 16.7. The third-order valence-corrected chi connectivity index (χ3v) is 7.20. The van der Waals surface area contributed by atoms with Crippen molar-refractivity contribution in [2.45, 2.75) is 57.6 Å². The molecular formula is C27H27N3O7. The SMILES string of the molecule is CC1(C)Oc2cc(OC3CCCCO3)ccc2C2C1=CCn1c(=O)n(-c3ccc(C(=O)O)cc3)c(=O)n12. The summed E-state index contributed by atoms with van der Waals surface area (Å²) in [6, 6.07) is 10.6. The first-order valence-corrected chi connectivity index (χ1v) is 12.3. The van der Waals surface area contributed by atoms with Crippen molar-refractivity contribution >= 4 is 5.97 Å². The summed E-state index contributed by atoms with van der Waals surface area (Å²) in [7, 11) is 0. The number of hydrogen-bond donors (Lipinski definition) is 1. The third kappa shape index (κ3) is 3.79. The maximum absolute atomic E-state index is 13.7. The van der Waals surface area contributed by atoms with Gasteiger partial charge in [0, 0.05) is 18.1 Å². The van der Waals surface area contributed by atoms with Crippen molar-refractivity contribution in [1.29, 1.82) is 0 Å². The average molecular weight is 506 g/mol. The van der Waals surface area contributed by atoms with E-state index >= 15 is 0 Å². The van der Waals surface area contributed by atoms with Gasteiger partial charge in [0.1, 0.15) is 23.1 Å². The number of aromatic carboxylic acids is 1. The molecule has 10 nitrogen and oxygen atoms in total. The molecule has 2 aromatic carbocycles. The fourth-order valence-corrected chi connectivity index (χ4v) is 5.38. The van der Waals surface area contributed by atoms with Gasteiger partial charge in [-0.3, -0.25) is 0 Å². The Bertz CT molecular complexity index is 1540. The molecular weight excluding hydrogens is 478 g/mol. The molecule has 3 aliphatic heterocycles. The molecule has 0 amide bonds. The Morgan fingerprint density at radius 1 is 1.08 bits per heavy atom. The predicted octanol–water partition coefficient (Wildman–Crippen LogP) is 3.10. The van der Waals surface area contributed by atoms with Crippen LogP contribution in [0.2, 0.25) is 0 Å². The van der Waals surface area contributed by atoms with E-state index < -0.39 is 29.0 Å². The summed E-state index contributed by atoms with van der Waals surface area (Å²) < 4.78 is 22.1. The van der Waals surface area contributed by atoms with Crippen molar-refractivity contribution in [3.05, 3.63) is 86.2 Å². The Labute approximate surface area is 211 Å². The number of allylic oxidation sites excluding steroid dienone is 1. The van der Waals surface area contributed by atoms with Crippen molar-refractivity contribution in [3.63, 3.8) is 0 Å².